The summed E-state index contributed by atoms with van der Waals surface area (Å²) in [7, 11) is 0. The van der Waals surface area contributed by atoms with Crippen LogP contribution >= 0.6 is 0 Å². The predicted molar refractivity (Wildman–Crippen MR) is 92.7 cm³/mol. The maximum absolute atomic E-state index is 11.8. The van der Waals surface area contributed by atoms with E-state index in [0.29, 0.717) is 31.5 Å². The molecule has 24 heavy (non-hydrogen) atoms. The molecular formula is C18H26N2O4. The highest BCUT2D eigenvalue weighted by molar-refractivity contribution is 5.91. The first-order chi connectivity index (χ1) is 11.4. The van der Waals surface area contributed by atoms with E-state index < -0.39 is 11.9 Å². The normalized spacial score (nSPS) is 11.6. The second kappa shape index (κ2) is 10.4. The number of nitrogens with one attached hydrogen (secondary N) is 2. The molecule has 0 aliphatic carbocycles. The number of hydrogen-bond acceptors (Lipinski definition) is 3. The molecule has 1 atom stereocenters. The van der Waals surface area contributed by atoms with E-state index >= 15 is 0 Å². The first-order valence-electron chi connectivity index (χ1n) is 8.30. The third-order valence-electron chi connectivity index (χ3n) is 3.58. The van der Waals surface area contributed by atoms with Gasteiger partial charge in [0, 0.05) is 25.1 Å². The smallest absolute Gasteiger partial charge is 0.306 e. The van der Waals surface area contributed by atoms with Crippen molar-refractivity contribution < 1.29 is 19.5 Å². The number of hydrogen-bond donors (Lipinski definition) is 3. The Morgan fingerprint density at radius 1 is 1.08 bits per heavy atom. The third kappa shape index (κ3) is 7.76. The minimum absolute atomic E-state index is 0.0263. The quantitative estimate of drug-likeness (QED) is 0.613. The van der Waals surface area contributed by atoms with Crippen molar-refractivity contribution in [3.05, 3.63) is 29.8 Å². The van der Waals surface area contributed by atoms with Gasteiger partial charge in [-0.05, 0) is 37.0 Å². The minimum Gasteiger partial charge on any atom is -0.481 e. The lowest BCUT2D eigenvalue weighted by Gasteiger charge is -2.09. The summed E-state index contributed by atoms with van der Waals surface area (Å²) in [6.07, 6.45) is 2.50. The number of anilines is 1. The van der Waals surface area contributed by atoms with E-state index in [1.165, 1.54) is 0 Å². The van der Waals surface area contributed by atoms with Crippen LogP contribution in [0, 0.1) is 5.92 Å². The molecule has 0 fully saturated rings. The summed E-state index contributed by atoms with van der Waals surface area (Å²) < 4.78 is 0. The molecule has 0 aromatic heterocycles. The van der Waals surface area contributed by atoms with Crippen LogP contribution in [-0.4, -0.2) is 29.4 Å². The van der Waals surface area contributed by atoms with E-state index in [1.54, 1.807) is 19.1 Å². The highest BCUT2D eigenvalue weighted by Gasteiger charge is 2.11. The SMILES string of the molecule is CCCNC(=O)CCCC(=O)Nc1ccc(CC(C)C(=O)O)cc1. The van der Waals surface area contributed by atoms with Crippen LogP contribution in [0.25, 0.3) is 0 Å². The second-order valence-corrected chi connectivity index (χ2v) is 5.89. The molecule has 1 rings (SSSR count). The van der Waals surface area contributed by atoms with Gasteiger partial charge in [-0.2, -0.15) is 0 Å². The van der Waals surface area contributed by atoms with Crippen molar-refractivity contribution in [1.82, 2.24) is 5.32 Å². The highest BCUT2D eigenvalue weighted by atomic mass is 16.4. The van der Waals surface area contributed by atoms with Crippen LogP contribution in [0.15, 0.2) is 24.3 Å². The molecule has 0 aliphatic heterocycles. The van der Waals surface area contributed by atoms with Crippen LogP contribution in [0.3, 0.4) is 0 Å². The van der Waals surface area contributed by atoms with Gasteiger partial charge in [-0.25, -0.2) is 0 Å². The van der Waals surface area contributed by atoms with Crippen molar-refractivity contribution in [2.45, 2.75) is 46.0 Å². The van der Waals surface area contributed by atoms with Crippen molar-refractivity contribution >= 4 is 23.5 Å². The van der Waals surface area contributed by atoms with Gasteiger partial charge in [-0.1, -0.05) is 26.0 Å². The molecule has 132 valence electrons. The summed E-state index contributed by atoms with van der Waals surface area (Å²) in [5.41, 5.74) is 1.58. The Bertz CT molecular complexity index is 555. The molecule has 1 aromatic rings. The number of carbonyl (C=O) groups excluding carboxylic acids is 2. The average Bonchev–Trinajstić information content (AvgIpc) is 2.54. The lowest BCUT2D eigenvalue weighted by atomic mass is 10.0. The molecule has 0 saturated carbocycles. The Kier molecular flexibility index (Phi) is 8.54. The summed E-state index contributed by atoms with van der Waals surface area (Å²) in [6.45, 7) is 4.31. The van der Waals surface area contributed by atoms with Crippen LogP contribution in [0.4, 0.5) is 5.69 Å². The van der Waals surface area contributed by atoms with Gasteiger partial charge in [0.1, 0.15) is 0 Å². The number of carboxylic acids is 1. The fraction of sp³-hybridized carbons (Fsp3) is 0.500. The van der Waals surface area contributed by atoms with Crippen molar-refractivity contribution in [3.8, 4) is 0 Å². The Morgan fingerprint density at radius 3 is 2.29 bits per heavy atom. The van der Waals surface area contributed by atoms with E-state index in [1.807, 2.05) is 19.1 Å². The first kappa shape index (κ1) is 19.7. The second-order valence-electron chi connectivity index (χ2n) is 5.89. The van der Waals surface area contributed by atoms with Crippen molar-refractivity contribution in [1.29, 1.82) is 0 Å². The van der Waals surface area contributed by atoms with Gasteiger partial charge in [0.2, 0.25) is 11.8 Å². The van der Waals surface area contributed by atoms with Gasteiger partial charge < -0.3 is 15.7 Å². The zero-order valence-corrected chi connectivity index (χ0v) is 14.3. The molecule has 0 heterocycles. The molecule has 0 aliphatic rings. The van der Waals surface area contributed by atoms with Crippen molar-refractivity contribution in [2.75, 3.05) is 11.9 Å². The molecule has 1 unspecified atom stereocenters. The summed E-state index contributed by atoms with van der Waals surface area (Å²) in [4.78, 5) is 34.1. The van der Waals surface area contributed by atoms with E-state index in [4.69, 9.17) is 5.11 Å². The van der Waals surface area contributed by atoms with Crippen LogP contribution in [0.1, 0.15) is 45.1 Å². The fourth-order valence-corrected chi connectivity index (χ4v) is 2.15. The highest BCUT2D eigenvalue weighted by Crippen LogP contribution is 2.14. The number of benzene rings is 1. The zero-order chi connectivity index (χ0) is 17.9. The van der Waals surface area contributed by atoms with Gasteiger partial charge in [-0.15, -0.1) is 0 Å². The molecule has 6 nitrogen and oxygen atoms in total. The summed E-state index contributed by atoms with van der Waals surface area (Å²) >= 11 is 0. The molecule has 1 aromatic carbocycles. The Hall–Kier alpha value is -2.37. The summed E-state index contributed by atoms with van der Waals surface area (Å²) in [5, 5.41) is 14.4. The number of carbonyl (C=O) groups is 3. The van der Waals surface area contributed by atoms with Gasteiger partial charge in [0.25, 0.3) is 0 Å². The lowest BCUT2D eigenvalue weighted by Crippen LogP contribution is -2.24. The average molecular weight is 334 g/mol. The monoisotopic (exact) mass is 334 g/mol. The zero-order valence-electron chi connectivity index (χ0n) is 14.3. The summed E-state index contributed by atoms with van der Waals surface area (Å²) in [5.74, 6) is -1.42. The topological polar surface area (TPSA) is 95.5 Å². The number of rotatable bonds is 10. The third-order valence-corrected chi connectivity index (χ3v) is 3.58. The van der Waals surface area contributed by atoms with Gasteiger partial charge >= 0.3 is 5.97 Å². The summed E-state index contributed by atoms with van der Waals surface area (Å²) in [6, 6.07) is 7.14. The fourth-order valence-electron chi connectivity index (χ4n) is 2.15. The maximum atomic E-state index is 11.8. The Morgan fingerprint density at radius 2 is 1.71 bits per heavy atom. The van der Waals surface area contributed by atoms with E-state index in [0.717, 1.165) is 12.0 Å². The molecule has 3 N–H and O–H groups in total. The van der Waals surface area contributed by atoms with Crippen LogP contribution in [0.5, 0.6) is 0 Å². The van der Waals surface area contributed by atoms with E-state index in [2.05, 4.69) is 10.6 Å². The van der Waals surface area contributed by atoms with E-state index in [9.17, 15) is 14.4 Å². The molecule has 6 heteroatoms. The van der Waals surface area contributed by atoms with Crippen LogP contribution < -0.4 is 10.6 Å². The van der Waals surface area contributed by atoms with Gasteiger partial charge in [0.15, 0.2) is 0 Å². The number of amides is 2. The molecule has 2 amide bonds. The number of aliphatic carboxylic acids is 1. The number of carboxylic acid groups (broad SMARTS) is 1. The minimum atomic E-state index is -0.824. The standard InChI is InChI=1S/C18H26N2O4/c1-3-11-19-16(21)5-4-6-17(22)20-15-9-7-14(8-10-15)12-13(2)18(23)24/h7-10,13H,3-6,11-12H2,1-2H3,(H,19,21)(H,20,22)(H,23,24). The van der Waals surface area contributed by atoms with Gasteiger partial charge in [0.05, 0.1) is 5.92 Å². The molecule has 0 saturated heterocycles. The van der Waals surface area contributed by atoms with Crippen LogP contribution in [0.2, 0.25) is 0 Å². The largest absolute Gasteiger partial charge is 0.481 e. The first-order valence-corrected chi connectivity index (χ1v) is 8.30. The molecule has 0 bridgehead atoms. The Balaban J connectivity index is 2.34. The Labute approximate surface area is 142 Å². The van der Waals surface area contributed by atoms with E-state index in [-0.39, 0.29) is 18.2 Å². The van der Waals surface area contributed by atoms with Crippen LogP contribution in [-0.2, 0) is 20.8 Å². The van der Waals surface area contributed by atoms with Gasteiger partial charge in [-0.3, -0.25) is 14.4 Å². The maximum Gasteiger partial charge on any atom is 0.306 e. The predicted octanol–water partition coefficient (Wildman–Crippen LogP) is 2.58. The molecule has 0 spiro atoms. The van der Waals surface area contributed by atoms with Crippen molar-refractivity contribution in [3.63, 3.8) is 0 Å². The van der Waals surface area contributed by atoms with Crippen molar-refractivity contribution in [2.24, 2.45) is 5.92 Å². The molecule has 0 radical (unpaired) electrons. The lowest BCUT2D eigenvalue weighted by molar-refractivity contribution is -0.141. The molecular weight excluding hydrogens is 308 g/mol.